The van der Waals surface area contributed by atoms with Crippen LogP contribution in [0.1, 0.15) is 53.9 Å². The summed E-state index contributed by atoms with van der Waals surface area (Å²) in [6.45, 7) is 8.45. The van der Waals surface area contributed by atoms with Gasteiger partial charge in [0.05, 0.1) is 18.2 Å². The molecule has 2 heterocycles. The molecule has 0 radical (unpaired) electrons. The number of nitrogens with zero attached hydrogens (tertiary/aromatic N) is 1. The molecule has 9 heteroatoms. The summed E-state index contributed by atoms with van der Waals surface area (Å²) >= 11 is 7.35. The fourth-order valence-corrected chi connectivity index (χ4v) is 4.83. The molecule has 1 saturated heterocycles. The van der Waals surface area contributed by atoms with Gasteiger partial charge in [0, 0.05) is 30.6 Å². The lowest BCUT2D eigenvalue weighted by molar-refractivity contribution is 0.0525. The normalized spacial score (nSPS) is 15.3. The largest absolute Gasteiger partial charge is 0.477 e. The lowest BCUT2D eigenvalue weighted by Crippen LogP contribution is -2.35. The molecule has 1 aliphatic heterocycles. The number of amides is 1. The summed E-state index contributed by atoms with van der Waals surface area (Å²) in [7, 11) is 0. The average molecular weight is 481 g/mol. The zero-order valence-electron chi connectivity index (χ0n) is 18.5. The zero-order chi connectivity index (χ0) is 23.3. The highest BCUT2D eigenvalue weighted by Crippen LogP contribution is 2.39. The molecule has 2 N–H and O–H groups in total. The van der Waals surface area contributed by atoms with Crippen molar-refractivity contribution in [2.75, 3.05) is 37.7 Å². The molecular weight excluding hydrogens is 452 g/mol. The van der Waals surface area contributed by atoms with Gasteiger partial charge >= 0.3 is 12.1 Å². The van der Waals surface area contributed by atoms with Gasteiger partial charge in [-0.25, -0.2) is 9.59 Å². The van der Waals surface area contributed by atoms with E-state index in [1.165, 1.54) is 11.3 Å². The fraction of sp³-hybridized carbons (Fsp3) is 0.478. The van der Waals surface area contributed by atoms with E-state index in [0.717, 1.165) is 29.2 Å². The van der Waals surface area contributed by atoms with Gasteiger partial charge < -0.3 is 24.8 Å². The third-order valence-electron chi connectivity index (χ3n) is 5.01. The van der Waals surface area contributed by atoms with Crippen LogP contribution in [0.5, 0.6) is 0 Å². The molecule has 1 unspecified atom stereocenters. The van der Waals surface area contributed by atoms with E-state index in [9.17, 15) is 14.7 Å². The van der Waals surface area contributed by atoms with Crippen molar-refractivity contribution in [3.8, 4) is 0 Å². The Hall–Kier alpha value is -2.29. The van der Waals surface area contributed by atoms with Gasteiger partial charge in [0.15, 0.2) is 0 Å². The second-order valence-electron chi connectivity index (χ2n) is 8.60. The van der Waals surface area contributed by atoms with Crippen LogP contribution < -0.4 is 10.2 Å². The predicted octanol–water partition coefficient (Wildman–Crippen LogP) is 4.98. The summed E-state index contributed by atoms with van der Waals surface area (Å²) in [6, 6.07) is 9.35. The zero-order valence-corrected chi connectivity index (χ0v) is 20.1. The van der Waals surface area contributed by atoms with Gasteiger partial charge in [-0.2, -0.15) is 0 Å². The van der Waals surface area contributed by atoms with E-state index < -0.39 is 17.7 Å². The van der Waals surface area contributed by atoms with Crippen LogP contribution in [0.2, 0.25) is 5.02 Å². The molecule has 174 valence electrons. The first-order chi connectivity index (χ1) is 15.1. The minimum Gasteiger partial charge on any atom is -0.477 e. The number of alkyl carbamates (subject to hydrolysis) is 1. The van der Waals surface area contributed by atoms with Gasteiger partial charge in [0.1, 0.15) is 10.5 Å². The van der Waals surface area contributed by atoms with Crippen LogP contribution in [0.25, 0.3) is 0 Å². The lowest BCUT2D eigenvalue weighted by Gasteiger charge is -2.27. The third-order valence-corrected chi connectivity index (χ3v) is 6.47. The number of ether oxygens (including phenoxy) is 2. The van der Waals surface area contributed by atoms with E-state index in [0.29, 0.717) is 36.1 Å². The summed E-state index contributed by atoms with van der Waals surface area (Å²) in [5.74, 6) is -1.18. The van der Waals surface area contributed by atoms with Crippen molar-refractivity contribution < 1.29 is 24.2 Å². The Morgan fingerprint density at radius 3 is 2.50 bits per heavy atom. The first-order valence-corrected chi connectivity index (χ1v) is 11.8. The van der Waals surface area contributed by atoms with Gasteiger partial charge in [-0.15, -0.1) is 11.3 Å². The topological polar surface area (TPSA) is 88.1 Å². The molecule has 1 atom stereocenters. The van der Waals surface area contributed by atoms with E-state index in [4.69, 9.17) is 21.1 Å². The van der Waals surface area contributed by atoms with E-state index in [-0.39, 0.29) is 5.92 Å². The molecule has 0 bridgehead atoms. The number of carbonyl (C=O) groups excluding carboxylic acids is 1. The van der Waals surface area contributed by atoms with Crippen molar-refractivity contribution in [2.45, 2.75) is 38.7 Å². The van der Waals surface area contributed by atoms with Crippen LogP contribution in [0, 0.1) is 0 Å². The Morgan fingerprint density at radius 2 is 1.91 bits per heavy atom. The smallest absolute Gasteiger partial charge is 0.407 e. The molecule has 32 heavy (non-hydrogen) atoms. The van der Waals surface area contributed by atoms with E-state index in [1.54, 1.807) is 32.9 Å². The second-order valence-corrected chi connectivity index (χ2v) is 10.1. The number of hydrogen-bond donors (Lipinski definition) is 2. The number of aromatic carboxylic acids is 1. The molecule has 0 spiro atoms. The summed E-state index contributed by atoms with van der Waals surface area (Å²) < 4.78 is 10.7. The first-order valence-electron chi connectivity index (χ1n) is 10.6. The van der Waals surface area contributed by atoms with Gasteiger partial charge in [0.25, 0.3) is 0 Å². The predicted molar refractivity (Wildman–Crippen MR) is 126 cm³/mol. The van der Waals surface area contributed by atoms with Gasteiger partial charge in [-0.1, -0.05) is 23.7 Å². The monoisotopic (exact) mass is 480 g/mol. The van der Waals surface area contributed by atoms with E-state index >= 15 is 0 Å². The minimum absolute atomic E-state index is 0.223. The highest BCUT2D eigenvalue weighted by molar-refractivity contribution is 7.18. The number of carbonyl (C=O) groups is 2. The average Bonchev–Trinajstić information content (AvgIpc) is 3.17. The number of carboxylic acids is 1. The van der Waals surface area contributed by atoms with Crippen LogP contribution in [0.4, 0.5) is 9.80 Å². The number of hydrogen-bond acceptors (Lipinski definition) is 6. The minimum atomic E-state index is -0.955. The molecule has 0 saturated carbocycles. The molecule has 1 amide bonds. The maximum atomic E-state index is 12.1. The molecule has 3 rings (SSSR count). The van der Waals surface area contributed by atoms with E-state index in [1.807, 2.05) is 18.2 Å². The Morgan fingerprint density at radius 1 is 1.25 bits per heavy atom. The second kappa shape index (κ2) is 10.6. The standard InChI is InChI=1S/C23H29ClN2O5S/c1-23(2,3)31-22(29)25-9-8-17(15-4-6-16(24)7-5-15)18-14-19(32-20(18)21(27)28)26-10-12-30-13-11-26/h4-7,14,17H,8-13H2,1-3H3,(H,25,29)(H,27,28). The Labute approximate surface area is 197 Å². The molecule has 1 aliphatic rings. The highest BCUT2D eigenvalue weighted by atomic mass is 35.5. The van der Waals surface area contributed by atoms with E-state index in [2.05, 4.69) is 10.2 Å². The van der Waals surface area contributed by atoms with Crippen LogP contribution >= 0.6 is 22.9 Å². The van der Waals surface area contributed by atoms with Crippen molar-refractivity contribution in [3.63, 3.8) is 0 Å². The number of thiophene rings is 1. The van der Waals surface area contributed by atoms with Crippen LogP contribution in [0.15, 0.2) is 30.3 Å². The highest BCUT2D eigenvalue weighted by Gasteiger charge is 2.27. The molecule has 7 nitrogen and oxygen atoms in total. The Balaban J connectivity index is 1.87. The number of benzene rings is 1. The van der Waals surface area contributed by atoms with Gasteiger partial charge in [-0.05, 0) is 56.5 Å². The fourth-order valence-electron chi connectivity index (χ4n) is 3.59. The quantitative estimate of drug-likeness (QED) is 0.580. The number of halogens is 1. The first kappa shape index (κ1) is 24.4. The number of morpholine rings is 1. The van der Waals surface area contributed by atoms with Crippen molar-refractivity contribution in [1.29, 1.82) is 0 Å². The third kappa shape index (κ3) is 6.60. The van der Waals surface area contributed by atoms with Gasteiger partial charge in [0.2, 0.25) is 0 Å². The molecule has 1 aromatic carbocycles. The number of rotatable bonds is 7. The Kier molecular flexibility index (Phi) is 8.03. The molecular formula is C23H29ClN2O5S. The summed E-state index contributed by atoms with van der Waals surface area (Å²) in [6.07, 6.45) is 0.0191. The Bertz CT molecular complexity index is 933. The molecule has 1 fully saturated rings. The molecule has 1 aromatic heterocycles. The van der Waals surface area contributed by atoms with Crippen molar-refractivity contribution in [3.05, 3.63) is 51.4 Å². The maximum Gasteiger partial charge on any atom is 0.407 e. The van der Waals surface area contributed by atoms with Crippen molar-refractivity contribution >= 4 is 40.0 Å². The molecule has 0 aliphatic carbocycles. The lowest BCUT2D eigenvalue weighted by atomic mass is 9.88. The number of carboxylic acid groups (broad SMARTS) is 1. The van der Waals surface area contributed by atoms with Crippen molar-refractivity contribution in [1.82, 2.24) is 5.32 Å². The van der Waals surface area contributed by atoms with Gasteiger partial charge in [-0.3, -0.25) is 0 Å². The van der Waals surface area contributed by atoms with Crippen LogP contribution in [-0.4, -0.2) is 55.6 Å². The SMILES string of the molecule is CC(C)(C)OC(=O)NCCC(c1ccc(Cl)cc1)c1cc(N2CCOCC2)sc1C(=O)O. The molecule has 2 aromatic rings. The van der Waals surface area contributed by atoms with Crippen LogP contribution in [0.3, 0.4) is 0 Å². The maximum absolute atomic E-state index is 12.1. The number of anilines is 1. The van der Waals surface area contributed by atoms with Crippen molar-refractivity contribution in [2.24, 2.45) is 0 Å². The van der Waals surface area contributed by atoms with Crippen LogP contribution in [-0.2, 0) is 9.47 Å². The summed E-state index contributed by atoms with van der Waals surface area (Å²) in [5.41, 5.74) is 1.09. The number of nitrogens with one attached hydrogen (secondary N) is 1. The summed E-state index contributed by atoms with van der Waals surface area (Å²) in [5, 5.41) is 14.2. The summed E-state index contributed by atoms with van der Waals surface area (Å²) in [4.78, 5) is 26.6.